The number of benzene rings is 1. The standard InChI is InChI=1S/C20H23N3O6/c1-13(17(25)22-9-4-5-10-22)29-16(24)12-23-18(26)20(21-19(23)27)8-11-28-15-7-3-2-6-14(15)20/h2-3,6-7,13H,4-5,8-12H2,1H3,(H,21,27)/t13-,20+/m1/s1. The number of rotatable bonds is 4. The first-order chi connectivity index (χ1) is 13.9. The third kappa shape index (κ3) is 3.30. The van der Waals surface area contributed by atoms with Crippen LogP contribution in [-0.2, 0) is 24.7 Å². The molecule has 29 heavy (non-hydrogen) atoms. The van der Waals surface area contributed by atoms with Gasteiger partial charge in [0.2, 0.25) is 0 Å². The quantitative estimate of drug-likeness (QED) is 0.590. The Morgan fingerprint density at radius 2 is 1.97 bits per heavy atom. The molecule has 154 valence electrons. The van der Waals surface area contributed by atoms with E-state index in [9.17, 15) is 19.2 Å². The summed E-state index contributed by atoms with van der Waals surface area (Å²) in [5, 5.41) is 2.73. The van der Waals surface area contributed by atoms with Crippen LogP contribution in [0, 0.1) is 0 Å². The van der Waals surface area contributed by atoms with Crippen molar-refractivity contribution in [1.82, 2.24) is 15.1 Å². The van der Waals surface area contributed by atoms with E-state index in [0.717, 1.165) is 17.7 Å². The molecule has 0 unspecified atom stereocenters. The minimum atomic E-state index is -1.25. The maximum Gasteiger partial charge on any atom is 0.327 e. The molecule has 0 aromatic heterocycles. The van der Waals surface area contributed by atoms with Gasteiger partial charge in [-0.15, -0.1) is 0 Å². The number of nitrogens with zero attached hydrogens (tertiary/aromatic N) is 2. The zero-order valence-electron chi connectivity index (χ0n) is 16.2. The first kappa shape index (κ1) is 19.2. The van der Waals surface area contributed by atoms with Crippen molar-refractivity contribution in [3.8, 4) is 5.75 Å². The van der Waals surface area contributed by atoms with E-state index in [0.29, 0.717) is 24.4 Å². The van der Waals surface area contributed by atoms with Crippen molar-refractivity contribution in [3.05, 3.63) is 29.8 Å². The number of carbonyl (C=O) groups is 4. The van der Waals surface area contributed by atoms with Crippen molar-refractivity contribution in [3.63, 3.8) is 0 Å². The molecule has 3 aliphatic heterocycles. The van der Waals surface area contributed by atoms with Gasteiger partial charge in [-0.2, -0.15) is 0 Å². The number of fused-ring (bicyclic) bond motifs is 2. The Bertz CT molecular complexity index is 866. The predicted molar refractivity (Wildman–Crippen MR) is 99.8 cm³/mol. The molecule has 4 amide bonds. The second kappa shape index (κ2) is 7.38. The molecular formula is C20H23N3O6. The molecule has 2 atom stereocenters. The Morgan fingerprint density at radius 1 is 1.24 bits per heavy atom. The number of urea groups is 1. The number of likely N-dealkylation sites (tertiary alicyclic amines) is 1. The van der Waals surface area contributed by atoms with Crippen molar-refractivity contribution < 1.29 is 28.7 Å². The maximum absolute atomic E-state index is 13.1. The minimum Gasteiger partial charge on any atom is -0.493 e. The third-order valence-electron chi connectivity index (χ3n) is 5.62. The maximum atomic E-state index is 13.1. The number of nitrogens with one attached hydrogen (secondary N) is 1. The van der Waals surface area contributed by atoms with E-state index in [1.54, 1.807) is 29.2 Å². The lowest BCUT2D eigenvalue weighted by Gasteiger charge is -2.33. The van der Waals surface area contributed by atoms with Gasteiger partial charge in [0.25, 0.3) is 11.8 Å². The van der Waals surface area contributed by atoms with Gasteiger partial charge in [0, 0.05) is 25.1 Å². The lowest BCUT2D eigenvalue weighted by molar-refractivity contribution is -0.160. The normalized spacial score (nSPS) is 24.2. The van der Waals surface area contributed by atoms with E-state index in [4.69, 9.17) is 9.47 Å². The SMILES string of the molecule is C[C@@H](OC(=O)CN1C(=O)N[C@]2(CCOc3ccccc32)C1=O)C(=O)N1CCCC1. The number of hydrogen-bond donors (Lipinski definition) is 1. The molecule has 1 N–H and O–H groups in total. The van der Waals surface area contributed by atoms with Gasteiger partial charge in [0.1, 0.15) is 12.3 Å². The second-order valence-electron chi connectivity index (χ2n) is 7.49. The van der Waals surface area contributed by atoms with Gasteiger partial charge in [0.15, 0.2) is 11.6 Å². The number of esters is 1. The summed E-state index contributed by atoms with van der Waals surface area (Å²) in [5.41, 5.74) is -0.679. The van der Waals surface area contributed by atoms with E-state index in [1.165, 1.54) is 6.92 Å². The van der Waals surface area contributed by atoms with Crippen molar-refractivity contribution >= 4 is 23.8 Å². The molecular weight excluding hydrogens is 378 g/mol. The summed E-state index contributed by atoms with van der Waals surface area (Å²) in [5.74, 6) is -1.05. The third-order valence-corrected chi connectivity index (χ3v) is 5.62. The van der Waals surface area contributed by atoms with Crippen LogP contribution < -0.4 is 10.1 Å². The van der Waals surface area contributed by atoms with Crippen LogP contribution >= 0.6 is 0 Å². The molecule has 0 aliphatic carbocycles. The minimum absolute atomic E-state index is 0.261. The average molecular weight is 401 g/mol. The van der Waals surface area contributed by atoms with E-state index >= 15 is 0 Å². The van der Waals surface area contributed by atoms with E-state index in [1.807, 2.05) is 0 Å². The van der Waals surface area contributed by atoms with E-state index in [-0.39, 0.29) is 18.9 Å². The lowest BCUT2D eigenvalue weighted by Crippen LogP contribution is -2.48. The Balaban J connectivity index is 1.45. The summed E-state index contributed by atoms with van der Waals surface area (Å²) in [6.07, 6.45) is 1.17. The number of amides is 4. The van der Waals surface area contributed by atoms with Crippen molar-refractivity contribution in [2.75, 3.05) is 26.2 Å². The summed E-state index contributed by atoms with van der Waals surface area (Å²) in [6.45, 7) is 2.52. The van der Waals surface area contributed by atoms with Crippen molar-refractivity contribution in [1.29, 1.82) is 0 Å². The first-order valence-corrected chi connectivity index (χ1v) is 9.77. The zero-order chi connectivity index (χ0) is 20.6. The van der Waals surface area contributed by atoms with Crippen LogP contribution in [-0.4, -0.2) is 66.0 Å². The topological polar surface area (TPSA) is 105 Å². The van der Waals surface area contributed by atoms with Gasteiger partial charge in [-0.05, 0) is 25.8 Å². The average Bonchev–Trinajstić information content (AvgIpc) is 3.32. The monoisotopic (exact) mass is 401 g/mol. The Hall–Kier alpha value is -3.10. The number of hydrogen-bond acceptors (Lipinski definition) is 6. The van der Waals surface area contributed by atoms with Gasteiger partial charge < -0.3 is 19.7 Å². The summed E-state index contributed by atoms with van der Waals surface area (Å²) in [7, 11) is 0. The highest BCUT2D eigenvalue weighted by Crippen LogP contribution is 2.40. The molecule has 0 radical (unpaired) electrons. The summed E-state index contributed by atoms with van der Waals surface area (Å²) in [4.78, 5) is 52.8. The Morgan fingerprint density at radius 3 is 2.72 bits per heavy atom. The molecule has 9 nitrogen and oxygen atoms in total. The van der Waals surface area contributed by atoms with Crippen molar-refractivity contribution in [2.24, 2.45) is 0 Å². The number of ether oxygens (including phenoxy) is 2. The highest BCUT2D eigenvalue weighted by atomic mass is 16.5. The molecule has 0 bridgehead atoms. The van der Waals surface area contributed by atoms with Crippen LogP contribution in [0.2, 0.25) is 0 Å². The van der Waals surface area contributed by atoms with Crippen LogP contribution in [0.1, 0.15) is 31.7 Å². The van der Waals surface area contributed by atoms with Gasteiger partial charge in [-0.3, -0.25) is 19.3 Å². The highest BCUT2D eigenvalue weighted by molar-refractivity contribution is 6.09. The number of imide groups is 1. The van der Waals surface area contributed by atoms with Crippen LogP contribution in [0.4, 0.5) is 4.79 Å². The van der Waals surface area contributed by atoms with Gasteiger partial charge in [0.05, 0.1) is 6.61 Å². The Labute approximate surface area is 167 Å². The zero-order valence-corrected chi connectivity index (χ0v) is 16.2. The molecule has 9 heteroatoms. The van der Waals surface area contributed by atoms with E-state index < -0.39 is 36.1 Å². The predicted octanol–water partition coefficient (Wildman–Crippen LogP) is 0.770. The molecule has 1 aromatic carbocycles. The molecule has 4 rings (SSSR count). The number of carbonyl (C=O) groups excluding carboxylic acids is 4. The Kier molecular flexibility index (Phi) is 4.89. The van der Waals surface area contributed by atoms with Crippen molar-refractivity contribution in [2.45, 2.75) is 37.8 Å². The number of para-hydroxylation sites is 1. The summed E-state index contributed by atoms with van der Waals surface area (Å²) in [6, 6.07) is 6.34. The largest absolute Gasteiger partial charge is 0.493 e. The van der Waals surface area contributed by atoms with Gasteiger partial charge >= 0.3 is 12.0 Å². The molecule has 0 saturated carbocycles. The highest BCUT2D eigenvalue weighted by Gasteiger charge is 2.55. The van der Waals surface area contributed by atoms with Crippen LogP contribution in [0.3, 0.4) is 0 Å². The van der Waals surface area contributed by atoms with Gasteiger partial charge in [-0.25, -0.2) is 4.79 Å². The lowest BCUT2D eigenvalue weighted by atomic mass is 9.84. The smallest absolute Gasteiger partial charge is 0.327 e. The molecule has 1 aromatic rings. The fraction of sp³-hybridized carbons (Fsp3) is 0.500. The first-order valence-electron chi connectivity index (χ1n) is 9.77. The van der Waals surface area contributed by atoms with E-state index in [2.05, 4.69) is 5.32 Å². The van der Waals surface area contributed by atoms with Crippen LogP contribution in [0.5, 0.6) is 5.75 Å². The molecule has 2 fully saturated rings. The fourth-order valence-corrected chi connectivity index (χ4v) is 4.12. The molecule has 1 spiro atoms. The second-order valence-corrected chi connectivity index (χ2v) is 7.49. The van der Waals surface area contributed by atoms with Crippen LogP contribution in [0.15, 0.2) is 24.3 Å². The van der Waals surface area contributed by atoms with Gasteiger partial charge in [-0.1, -0.05) is 18.2 Å². The molecule has 3 heterocycles. The fourth-order valence-electron chi connectivity index (χ4n) is 4.12. The molecule has 3 aliphatic rings. The summed E-state index contributed by atoms with van der Waals surface area (Å²) < 4.78 is 10.8. The summed E-state index contributed by atoms with van der Waals surface area (Å²) >= 11 is 0. The molecule has 2 saturated heterocycles. The van der Waals surface area contributed by atoms with Crippen LogP contribution in [0.25, 0.3) is 0 Å².